The molecule has 1 saturated carbocycles. The molecule has 0 bridgehead atoms. The van der Waals surface area contributed by atoms with Crippen molar-refractivity contribution in [2.24, 2.45) is 0 Å². The van der Waals surface area contributed by atoms with Crippen molar-refractivity contribution in [3.63, 3.8) is 0 Å². The number of amides is 2. The first-order valence-corrected chi connectivity index (χ1v) is 12.6. The maximum Gasteiger partial charge on any atom is 0.254 e. The number of benzene rings is 3. The fourth-order valence-corrected chi connectivity index (χ4v) is 5.64. The summed E-state index contributed by atoms with van der Waals surface area (Å²) in [6.45, 7) is 1.69. The maximum atomic E-state index is 14.3. The molecule has 0 radical (unpaired) electrons. The van der Waals surface area contributed by atoms with Gasteiger partial charge < -0.3 is 15.0 Å². The number of carbonyl (C=O) groups is 2. The molecule has 3 aromatic rings. The van der Waals surface area contributed by atoms with Crippen molar-refractivity contribution < 1.29 is 18.7 Å². The summed E-state index contributed by atoms with van der Waals surface area (Å²) in [5.74, 6) is -0.619. The van der Waals surface area contributed by atoms with Gasteiger partial charge in [0.15, 0.2) is 0 Å². The molecule has 1 heterocycles. The van der Waals surface area contributed by atoms with E-state index in [1.807, 2.05) is 53.4 Å². The van der Waals surface area contributed by atoms with Gasteiger partial charge in [-0.2, -0.15) is 0 Å². The summed E-state index contributed by atoms with van der Waals surface area (Å²) in [7, 11) is 1.61. The molecule has 5 rings (SSSR count). The lowest BCUT2D eigenvalue weighted by Gasteiger charge is -2.46. The van der Waals surface area contributed by atoms with Gasteiger partial charge in [0.2, 0.25) is 5.91 Å². The zero-order valence-electron chi connectivity index (χ0n) is 20.7. The minimum absolute atomic E-state index is 0.0382. The number of anilines is 1. The third-order valence-corrected chi connectivity index (χ3v) is 7.52. The second-order valence-corrected chi connectivity index (χ2v) is 9.74. The Hall–Kier alpha value is -3.67. The van der Waals surface area contributed by atoms with Crippen LogP contribution in [0.4, 0.5) is 10.1 Å². The van der Waals surface area contributed by atoms with Gasteiger partial charge in [-0.15, -0.1) is 0 Å². The van der Waals surface area contributed by atoms with Crippen LogP contribution in [-0.2, 0) is 4.79 Å². The summed E-state index contributed by atoms with van der Waals surface area (Å²) in [5.41, 5.74) is 3.04. The average molecular weight is 487 g/mol. The van der Waals surface area contributed by atoms with Crippen LogP contribution in [0.3, 0.4) is 0 Å². The molecule has 186 valence electrons. The number of nitrogens with zero attached hydrogens (tertiary/aromatic N) is 1. The van der Waals surface area contributed by atoms with Crippen LogP contribution >= 0.6 is 0 Å². The largest absolute Gasteiger partial charge is 0.497 e. The smallest absolute Gasteiger partial charge is 0.254 e. The van der Waals surface area contributed by atoms with Gasteiger partial charge in [0.1, 0.15) is 11.6 Å². The molecule has 2 atom stereocenters. The molecule has 6 heteroatoms. The van der Waals surface area contributed by atoms with Crippen LogP contribution in [0.25, 0.3) is 0 Å². The van der Waals surface area contributed by atoms with Crippen LogP contribution in [0.2, 0.25) is 0 Å². The third kappa shape index (κ3) is 4.48. The van der Waals surface area contributed by atoms with Crippen LogP contribution in [0.5, 0.6) is 5.75 Å². The van der Waals surface area contributed by atoms with E-state index in [9.17, 15) is 14.0 Å². The number of fused-ring (bicyclic) bond motifs is 1. The molecule has 3 aromatic carbocycles. The van der Waals surface area contributed by atoms with Gasteiger partial charge in [-0.1, -0.05) is 55.7 Å². The fraction of sp³-hybridized carbons (Fsp3) is 0.333. The van der Waals surface area contributed by atoms with E-state index in [2.05, 4.69) is 5.32 Å². The predicted molar refractivity (Wildman–Crippen MR) is 138 cm³/mol. The van der Waals surface area contributed by atoms with Gasteiger partial charge in [-0.05, 0) is 66.8 Å². The molecular weight excluding hydrogens is 455 g/mol. The van der Waals surface area contributed by atoms with E-state index in [4.69, 9.17) is 4.74 Å². The fourth-order valence-electron chi connectivity index (χ4n) is 5.64. The second-order valence-electron chi connectivity index (χ2n) is 9.74. The second kappa shape index (κ2) is 10.1. The van der Waals surface area contributed by atoms with E-state index in [1.165, 1.54) is 6.07 Å². The minimum Gasteiger partial charge on any atom is -0.497 e. The number of hydrogen-bond donors (Lipinski definition) is 1. The highest BCUT2D eigenvalue weighted by atomic mass is 19.1. The first-order chi connectivity index (χ1) is 17.5. The quantitative estimate of drug-likeness (QED) is 0.454. The number of methoxy groups -OCH3 is 1. The summed E-state index contributed by atoms with van der Waals surface area (Å²) in [4.78, 5) is 29.9. The lowest BCUT2D eigenvalue weighted by atomic mass is 9.77. The topological polar surface area (TPSA) is 58.6 Å². The van der Waals surface area contributed by atoms with E-state index in [1.54, 1.807) is 26.2 Å². The Kier molecular flexibility index (Phi) is 6.77. The number of carbonyl (C=O) groups excluding carboxylic acids is 2. The first kappa shape index (κ1) is 24.0. The zero-order chi connectivity index (χ0) is 25.2. The Morgan fingerprint density at radius 2 is 1.72 bits per heavy atom. The van der Waals surface area contributed by atoms with Crippen molar-refractivity contribution in [3.05, 3.63) is 94.8 Å². The molecule has 0 aromatic heterocycles. The summed E-state index contributed by atoms with van der Waals surface area (Å²) < 4.78 is 19.6. The van der Waals surface area contributed by atoms with Crippen molar-refractivity contribution in [3.8, 4) is 5.75 Å². The van der Waals surface area contributed by atoms with Gasteiger partial charge >= 0.3 is 0 Å². The molecule has 1 aliphatic heterocycles. The number of rotatable bonds is 5. The highest BCUT2D eigenvalue weighted by molar-refractivity contribution is 6.04. The molecule has 2 amide bonds. The molecule has 2 aliphatic rings. The number of nitrogens with one attached hydrogen (secondary N) is 1. The summed E-state index contributed by atoms with van der Waals surface area (Å²) in [5, 5.41) is 2.94. The monoisotopic (exact) mass is 486 g/mol. The predicted octanol–water partition coefficient (Wildman–Crippen LogP) is 6.39. The van der Waals surface area contributed by atoms with Gasteiger partial charge in [0.25, 0.3) is 5.91 Å². The number of ether oxygens (including phenoxy) is 1. The lowest BCUT2D eigenvalue weighted by molar-refractivity contribution is -0.119. The van der Waals surface area contributed by atoms with Crippen molar-refractivity contribution in [1.29, 1.82) is 0 Å². The van der Waals surface area contributed by atoms with E-state index in [-0.39, 0.29) is 23.7 Å². The van der Waals surface area contributed by atoms with Gasteiger partial charge in [0.05, 0.1) is 19.1 Å². The average Bonchev–Trinajstić information content (AvgIpc) is 2.91. The summed E-state index contributed by atoms with van der Waals surface area (Å²) >= 11 is 0. The van der Waals surface area contributed by atoms with Crippen LogP contribution in [0, 0.1) is 12.7 Å². The van der Waals surface area contributed by atoms with E-state index >= 15 is 0 Å². The van der Waals surface area contributed by atoms with Gasteiger partial charge in [0, 0.05) is 17.3 Å². The van der Waals surface area contributed by atoms with Crippen LogP contribution < -0.4 is 10.1 Å². The van der Waals surface area contributed by atoms with Crippen LogP contribution in [0.1, 0.15) is 71.1 Å². The number of aryl methyl sites for hydroxylation is 1. The molecule has 1 N–H and O–H groups in total. The van der Waals surface area contributed by atoms with Crippen molar-refractivity contribution in [2.75, 3.05) is 12.4 Å². The van der Waals surface area contributed by atoms with Crippen molar-refractivity contribution in [2.45, 2.75) is 57.0 Å². The molecule has 1 fully saturated rings. The lowest BCUT2D eigenvalue weighted by Crippen LogP contribution is -2.51. The minimum atomic E-state index is -0.654. The summed E-state index contributed by atoms with van der Waals surface area (Å²) in [6, 6.07) is 19.2. The standard InChI is InChI=1S/C30H31FN2O3/c1-19-12-15-21(18-26(19)31)32-29(34)27-24-10-6-7-11-25(24)30(35)33(22-8-4-3-5-9-22)28(27)20-13-16-23(36-2)17-14-20/h6-7,10-18,22,27-28H,3-5,8-9H2,1-2H3,(H,32,34)/t27-,28+/m1/s1. The Labute approximate surface area is 211 Å². The van der Waals surface area contributed by atoms with Crippen LogP contribution in [-0.4, -0.2) is 29.9 Å². The number of halogens is 1. The van der Waals surface area contributed by atoms with Crippen molar-refractivity contribution >= 4 is 17.5 Å². The zero-order valence-corrected chi connectivity index (χ0v) is 20.7. The van der Waals surface area contributed by atoms with E-state index in [0.29, 0.717) is 28.1 Å². The molecule has 36 heavy (non-hydrogen) atoms. The SMILES string of the molecule is COc1ccc([C@H]2[C@H](C(=O)Nc3ccc(C)c(F)c3)c3ccccc3C(=O)N2C2CCCCC2)cc1. The summed E-state index contributed by atoms with van der Waals surface area (Å²) in [6.07, 6.45) is 5.11. The van der Waals surface area contributed by atoms with E-state index < -0.39 is 12.0 Å². The normalized spacial score (nSPS) is 20.1. The Bertz CT molecular complexity index is 1270. The maximum absolute atomic E-state index is 14.3. The Morgan fingerprint density at radius 1 is 1.00 bits per heavy atom. The molecule has 1 aliphatic carbocycles. The number of hydrogen-bond acceptors (Lipinski definition) is 3. The Balaban J connectivity index is 1.63. The van der Waals surface area contributed by atoms with Crippen molar-refractivity contribution in [1.82, 2.24) is 4.90 Å². The molecule has 0 saturated heterocycles. The third-order valence-electron chi connectivity index (χ3n) is 7.52. The van der Waals surface area contributed by atoms with Gasteiger partial charge in [-0.25, -0.2) is 4.39 Å². The van der Waals surface area contributed by atoms with E-state index in [0.717, 1.165) is 37.7 Å². The highest BCUT2D eigenvalue weighted by Gasteiger charge is 2.46. The Morgan fingerprint density at radius 3 is 2.42 bits per heavy atom. The molecule has 0 spiro atoms. The van der Waals surface area contributed by atoms with Crippen LogP contribution in [0.15, 0.2) is 66.7 Å². The molecule has 0 unspecified atom stereocenters. The highest BCUT2D eigenvalue weighted by Crippen LogP contribution is 2.46. The van der Waals surface area contributed by atoms with Gasteiger partial charge in [-0.3, -0.25) is 9.59 Å². The first-order valence-electron chi connectivity index (χ1n) is 12.6. The molecular formula is C30H31FN2O3. The molecule has 5 nitrogen and oxygen atoms in total.